The normalized spacial score (nSPS) is 13.8. The molecule has 4 aromatic carbocycles. The first kappa shape index (κ1) is 32.2. The summed E-state index contributed by atoms with van der Waals surface area (Å²) in [5.74, 6) is 0.706. The van der Waals surface area contributed by atoms with E-state index < -0.39 is 5.54 Å². The fourth-order valence-electron chi connectivity index (χ4n) is 7.58. The summed E-state index contributed by atoms with van der Waals surface area (Å²) in [4.78, 5) is 19.5. The lowest BCUT2D eigenvalue weighted by Crippen LogP contribution is -2.38. The summed E-state index contributed by atoms with van der Waals surface area (Å²) in [5.41, 5.74) is 7.48. The molecule has 4 heterocycles. The molecule has 0 radical (unpaired) electrons. The second-order valence-corrected chi connectivity index (χ2v) is 13.1. The average Bonchev–Trinajstić information content (AvgIpc) is 3.80. The molecule has 0 spiro atoms. The second-order valence-electron chi connectivity index (χ2n) is 13.1. The van der Waals surface area contributed by atoms with Gasteiger partial charge in [-0.05, 0) is 66.3 Å². The van der Waals surface area contributed by atoms with Crippen LogP contribution in [0.4, 0.5) is 5.82 Å². The number of esters is 1. The van der Waals surface area contributed by atoms with E-state index >= 15 is 0 Å². The Morgan fingerprint density at radius 3 is 1.98 bits per heavy atom. The number of carbonyl (C=O) groups excluding carboxylic acids is 1. The van der Waals surface area contributed by atoms with Gasteiger partial charge in [-0.2, -0.15) is 10.2 Å². The van der Waals surface area contributed by atoms with Gasteiger partial charge in [-0.3, -0.25) is 9.48 Å². The Kier molecular flexibility index (Phi) is 8.66. The Balaban J connectivity index is 1.34. The van der Waals surface area contributed by atoms with Gasteiger partial charge in [0, 0.05) is 49.0 Å². The topological polar surface area (TPSA) is 78.1 Å². The quantitative estimate of drug-likeness (QED) is 0.114. The van der Waals surface area contributed by atoms with E-state index in [0.29, 0.717) is 6.61 Å². The molecule has 1 saturated heterocycles. The SMILES string of the molecule is CCOC(=O)C1CCN(c2cc(-c3nn(C(c4ccccc4)(c4ccccc4)c4ccccc4)c4ccc(-c5cnn(C)c5)cc34)ccn2)CC1. The zero-order chi connectivity index (χ0) is 34.8. The zero-order valence-corrected chi connectivity index (χ0v) is 28.9. The molecule has 1 aliphatic rings. The lowest BCUT2D eigenvalue weighted by molar-refractivity contribution is -0.148. The molecule has 1 fully saturated rings. The van der Waals surface area contributed by atoms with Gasteiger partial charge in [0.1, 0.15) is 17.1 Å². The maximum atomic E-state index is 12.5. The molecule has 7 aromatic rings. The number of nitrogens with zero attached hydrogens (tertiary/aromatic N) is 6. The molecule has 8 heteroatoms. The molecule has 8 nitrogen and oxygen atoms in total. The molecule has 0 saturated carbocycles. The minimum Gasteiger partial charge on any atom is -0.466 e. The van der Waals surface area contributed by atoms with Crippen molar-refractivity contribution in [1.82, 2.24) is 24.5 Å². The van der Waals surface area contributed by atoms with Gasteiger partial charge in [0.05, 0.1) is 24.2 Å². The monoisotopic (exact) mass is 672 g/mol. The zero-order valence-electron chi connectivity index (χ0n) is 28.9. The van der Waals surface area contributed by atoms with Crippen LogP contribution in [0.2, 0.25) is 0 Å². The van der Waals surface area contributed by atoms with E-state index in [1.54, 1.807) is 0 Å². The fourth-order valence-corrected chi connectivity index (χ4v) is 7.58. The molecule has 0 aliphatic carbocycles. The number of benzene rings is 4. The van der Waals surface area contributed by atoms with Gasteiger partial charge in [-0.25, -0.2) is 9.67 Å². The number of aromatic nitrogens is 5. The smallest absolute Gasteiger partial charge is 0.309 e. The molecular formula is C43H40N6O2. The number of anilines is 1. The van der Waals surface area contributed by atoms with Gasteiger partial charge in [0.2, 0.25) is 0 Å². The number of hydrogen-bond acceptors (Lipinski definition) is 6. The summed E-state index contributed by atoms with van der Waals surface area (Å²) in [6, 6.07) is 42.7. The summed E-state index contributed by atoms with van der Waals surface area (Å²) >= 11 is 0. The predicted octanol–water partition coefficient (Wildman–Crippen LogP) is 8.12. The summed E-state index contributed by atoms with van der Waals surface area (Å²) in [7, 11) is 1.94. The third kappa shape index (κ3) is 5.86. The number of carbonyl (C=O) groups is 1. The standard InChI is InChI=1S/C43H40N6O2/c1-3-51-42(50)31-22-25-48(26-23-31)40-28-33(21-24-44-40)41-38-27-32(34-29-45-47(2)30-34)19-20-39(38)49(46-41)43(35-13-7-4-8-14-35,36-15-9-5-10-16-36)37-17-11-6-12-18-37/h4-21,24,27-31H,3,22-23,25-26H2,1-2H3. The third-order valence-corrected chi connectivity index (χ3v) is 10.1. The Morgan fingerprint density at radius 2 is 1.41 bits per heavy atom. The first-order valence-corrected chi connectivity index (χ1v) is 17.6. The van der Waals surface area contributed by atoms with E-state index in [9.17, 15) is 4.79 Å². The van der Waals surface area contributed by atoms with E-state index in [2.05, 4.69) is 130 Å². The van der Waals surface area contributed by atoms with Crippen molar-refractivity contribution in [2.24, 2.45) is 13.0 Å². The maximum Gasteiger partial charge on any atom is 0.309 e. The number of piperidine rings is 1. The molecule has 8 rings (SSSR count). The molecule has 0 bridgehead atoms. The molecule has 0 unspecified atom stereocenters. The highest BCUT2D eigenvalue weighted by molar-refractivity contribution is 5.97. The predicted molar refractivity (Wildman–Crippen MR) is 201 cm³/mol. The Hall–Kier alpha value is -6.02. The summed E-state index contributed by atoms with van der Waals surface area (Å²) in [6.45, 7) is 3.74. The fraction of sp³-hybridized carbons (Fsp3) is 0.209. The van der Waals surface area contributed by atoms with Crippen LogP contribution in [0, 0.1) is 5.92 Å². The minimum absolute atomic E-state index is 0.0722. The van der Waals surface area contributed by atoms with Crippen LogP contribution in [0.1, 0.15) is 36.5 Å². The van der Waals surface area contributed by atoms with Crippen molar-refractivity contribution in [3.8, 4) is 22.4 Å². The molecule has 0 atom stereocenters. The first-order chi connectivity index (χ1) is 25.1. The lowest BCUT2D eigenvalue weighted by atomic mass is 9.77. The number of ether oxygens (including phenoxy) is 1. The van der Waals surface area contributed by atoms with Gasteiger partial charge in [0.15, 0.2) is 0 Å². The van der Waals surface area contributed by atoms with Crippen LogP contribution in [-0.4, -0.2) is 50.2 Å². The first-order valence-electron chi connectivity index (χ1n) is 17.6. The van der Waals surface area contributed by atoms with Gasteiger partial charge in [-0.1, -0.05) is 97.1 Å². The van der Waals surface area contributed by atoms with Crippen LogP contribution in [0.25, 0.3) is 33.3 Å². The average molecular weight is 673 g/mol. The van der Waals surface area contributed by atoms with Crippen molar-refractivity contribution in [3.05, 3.63) is 157 Å². The highest BCUT2D eigenvalue weighted by atomic mass is 16.5. The Morgan fingerprint density at radius 1 is 0.784 bits per heavy atom. The molecule has 0 amide bonds. The highest BCUT2D eigenvalue weighted by Gasteiger charge is 2.41. The summed E-state index contributed by atoms with van der Waals surface area (Å²) in [5, 5.41) is 11.1. The van der Waals surface area contributed by atoms with Crippen molar-refractivity contribution >= 4 is 22.7 Å². The van der Waals surface area contributed by atoms with Crippen LogP contribution in [0.15, 0.2) is 140 Å². The number of aryl methyl sites for hydroxylation is 1. The number of hydrogen-bond donors (Lipinski definition) is 0. The second kappa shape index (κ2) is 13.7. The third-order valence-electron chi connectivity index (χ3n) is 10.1. The minimum atomic E-state index is -0.791. The molecule has 254 valence electrons. The van der Waals surface area contributed by atoms with Crippen molar-refractivity contribution in [2.75, 3.05) is 24.6 Å². The molecule has 3 aromatic heterocycles. The summed E-state index contributed by atoms with van der Waals surface area (Å²) < 4.78 is 9.37. The highest BCUT2D eigenvalue weighted by Crippen LogP contribution is 2.44. The van der Waals surface area contributed by atoms with E-state index in [0.717, 1.165) is 81.7 Å². The maximum absolute atomic E-state index is 12.5. The van der Waals surface area contributed by atoms with E-state index in [4.69, 9.17) is 14.8 Å². The van der Waals surface area contributed by atoms with Gasteiger partial charge >= 0.3 is 5.97 Å². The molecular weight excluding hydrogens is 633 g/mol. The van der Waals surface area contributed by atoms with Crippen molar-refractivity contribution in [2.45, 2.75) is 25.3 Å². The molecule has 1 aliphatic heterocycles. The van der Waals surface area contributed by atoms with Crippen molar-refractivity contribution in [1.29, 1.82) is 0 Å². The van der Waals surface area contributed by atoms with E-state index in [1.807, 2.05) is 43.3 Å². The lowest BCUT2D eigenvalue weighted by Gasteiger charge is -2.37. The summed E-state index contributed by atoms with van der Waals surface area (Å²) in [6.07, 6.45) is 7.29. The van der Waals surface area contributed by atoms with Crippen LogP contribution >= 0.6 is 0 Å². The number of pyridine rings is 1. The van der Waals surface area contributed by atoms with Crippen LogP contribution in [0.5, 0.6) is 0 Å². The van der Waals surface area contributed by atoms with Crippen molar-refractivity contribution in [3.63, 3.8) is 0 Å². The Bertz CT molecular complexity index is 2180. The van der Waals surface area contributed by atoms with Gasteiger partial charge in [-0.15, -0.1) is 0 Å². The van der Waals surface area contributed by atoms with Crippen molar-refractivity contribution < 1.29 is 9.53 Å². The van der Waals surface area contributed by atoms with Crippen LogP contribution < -0.4 is 4.90 Å². The number of rotatable bonds is 9. The molecule has 0 N–H and O–H groups in total. The molecule has 51 heavy (non-hydrogen) atoms. The van der Waals surface area contributed by atoms with E-state index in [-0.39, 0.29) is 11.9 Å². The number of fused-ring (bicyclic) bond motifs is 1. The van der Waals surface area contributed by atoms with Gasteiger partial charge < -0.3 is 9.64 Å². The van der Waals surface area contributed by atoms with Gasteiger partial charge in [0.25, 0.3) is 0 Å². The Labute approximate surface area is 298 Å². The van der Waals surface area contributed by atoms with Crippen LogP contribution in [0.3, 0.4) is 0 Å². The van der Waals surface area contributed by atoms with E-state index in [1.165, 1.54) is 0 Å². The van der Waals surface area contributed by atoms with Crippen LogP contribution in [-0.2, 0) is 22.1 Å². The largest absolute Gasteiger partial charge is 0.466 e.